The molecule has 42 heavy (non-hydrogen) atoms. The first-order valence-corrected chi connectivity index (χ1v) is 15.9. The second-order valence-corrected chi connectivity index (χ2v) is 13.7. The molecular formula is C35H47N3O4. The van der Waals surface area contributed by atoms with Gasteiger partial charge in [0.05, 0.1) is 23.2 Å². The number of carbonyl (C=O) groups is 2. The molecule has 3 heterocycles. The van der Waals surface area contributed by atoms with Crippen LogP contribution in [0.5, 0.6) is 0 Å². The van der Waals surface area contributed by atoms with Gasteiger partial charge >= 0.3 is 0 Å². The Kier molecular flexibility index (Phi) is 9.70. The maximum Gasteiger partial charge on any atom is 0.178 e. The van der Waals surface area contributed by atoms with E-state index in [2.05, 4.69) is 31.7 Å². The Morgan fingerprint density at radius 2 is 1.86 bits per heavy atom. The van der Waals surface area contributed by atoms with E-state index in [1.54, 1.807) is 0 Å². The van der Waals surface area contributed by atoms with E-state index in [-0.39, 0.29) is 35.6 Å². The molecule has 7 heteroatoms. The zero-order chi connectivity index (χ0) is 29.9. The number of carbonyl (C=O) groups excluding carboxylic acids is 2. The van der Waals surface area contributed by atoms with Crippen LogP contribution >= 0.6 is 0 Å². The van der Waals surface area contributed by atoms with E-state index in [0.717, 1.165) is 75.1 Å². The topological polar surface area (TPSA) is 103 Å². The summed E-state index contributed by atoms with van der Waals surface area (Å²) in [5.74, 6) is 0.636. The molecule has 0 unspecified atom stereocenters. The highest BCUT2D eigenvalue weighted by Gasteiger charge is 2.32. The van der Waals surface area contributed by atoms with Crippen LogP contribution < -0.4 is 0 Å². The number of hydrogen-bond donors (Lipinski definition) is 2. The van der Waals surface area contributed by atoms with Gasteiger partial charge < -0.3 is 15.1 Å². The molecule has 2 aromatic rings. The summed E-state index contributed by atoms with van der Waals surface area (Å²) in [6, 6.07) is 9.86. The lowest BCUT2D eigenvalue weighted by Gasteiger charge is -2.34. The minimum Gasteiger partial charge on any atom is -0.396 e. The molecular weight excluding hydrogens is 526 g/mol. The Morgan fingerprint density at radius 3 is 2.60 bits per heavy atom. The first kappa shape index (κ1) is 30.7. The van der Waals surface area contributed by atoms with Crippen molar-refractivity contribution in [2.75, 3.05) is 26.2 Å². The maximum absolute atomic E-state index is 13.8. The molecule has 0 radical (unpaired) electrons. The lowest BCUT2D eigenvalue weighted by molar-refractivity contribution is -0.113. The molecule has 0 amide bonds. The quantitative estimate of drug-likeness (QED) is 0.349. The van der Waals surface area contributed by atoms with Crippen molar-refractivity contribution in [2.45, 2.75) is 97.0 Å². The van der Waals surface area contributed by atoms with Gasteiger partial charge in [0.1, 0.15) is 0 Å². The summed E-state index contributed by atoms with van der Waals surface area (Å²) in [6.45, 7) is 9.47. The van der Waals surface area contributed by atoms with Crippen LogP contribution in [0.15, 0.2) is 35.3 Å². The van der Waals surface area contributed by atoms with Crippen LogP contribution in [0.1, 0.15) is 105 Å². The Bertz CT molecular complexity index is 1320. The van der Waals surface area contributed by atoms with Crippen molar-refractivity contribution in [2.24, 2.45) is 16.3 Å². The molecule has 2 N–H and O–H groups in total. The van der Waals surface area contributed by atoms with Crippen molar-refractivity contribution in [1.82, 2.24) is 9.88 Å². The van der Waals surface area contributed by atoms with Gasteiger partial charge in [0.2, 0.25) is 0 Å². The molecule has 0 spiro atoms. The lowest BCUT2D eigenvalue weighted by Crippen LogP contribution is -2.37. The fourth-order valence-corrected chi connectivity index (χ4v) is 6.73. The summed E-state index contributed by atoms with van der Waals surface area (Å²) in [7, 11) is 0. The predicted molar refractivity (Wildman–Crippen MR) is 166 cm³/mol. The normalized spacial score (nSPS) is 20.1. The van der Waals surface area contributed by atoms with Crippen LogP contribution in [-0.4, -0.2) is 69.7 Å². The van der Waals surface area contributed by atoms with Crippen molar-refractivity contribution in [3.05, 3.63) is 58.4 Å². The molecule has 3 aliphatic rings. The molecule has 0 saturated carbocycles. The van der Waals surface area contributed by atoms with Crippen molar-refractivity contribution in [1.29, 1.82) is 0 Å². The van der Waals surface area contributed by atoms with Crippen molar-refractivity contribution in [3.63, 3.8) is 0 Å². The fourth-order valence-electron chi connectivity index (χ4n) is 6.73. The fraction of sp³-hybridized carbons (Fsp3) is 0.600. The molecule has 1 aliphatic carbocycles. The van der Waals surface area contributed by atoms with Crippen molar-refractivity contribution in [3.8, 4) is 0 Å². The van der Waals surface area contributed by atoms with Crippen LogP contribution in [0.3, 0.4) is 0 Å². The number of likely N-dealkylation sites (tertiary alicyclic amines) is 1. The molecule has 2 atom stereocenters. The standard InChI is InChI=1S/C35H47N3O4/c1-35(2,3)27-9-10-29-26(19-27)20-30-31(36-29)22-32(37-30)34(42)21-24(11-14-38-15-12-28(40)13-16-38)23-6-4-7-25(18-23)33(41)8-5-17-39/h4,6-7,18,20,24,27-28,39-40H,5,8-17,19,21-22H2,1-3H3/t24-,27-/m0/s1. The molecule has 1 aromatic carbocycles. The van der Waals surface area contributed by atoms with E-state index in [1.807, 2.05) is 24.3 Å². The average Bonchev–Trinajstić information content (AvgIpc) is 3.40. The lowest BCUT2D eigenvalue weighted by atomic mass is 9.71. The molecule has 1 aromatic heterocycles. The van der Waals surface area contributed by atoms with Crippen LogP contribution in [0, 0.1) is 11.3 Å². The monoisotopic (exact) mass is 573 g/mol. The van der Waals surface area contributed by atoms with E-state index in [9.17, 15) is 14.7 Å². The van der Waals surface area contributed by atoms with Crippen molar-refractivity contribution < 1.29 is 19.8 Å². The molecule has 5 rings (SSSR count). The van der Waals surface area contributed by atoms with E-state index in [1.165, 1.54) is 11.3 Å². The number of Topliss-reactive ketones (excluding diaryl/α,β-unsaturated/α-hetero) is 2. The minimum atomic E-state index is -0.221. The molecule has 226 valence electrons. The minimum absolute atomic E-state index is 0.00734. The maximum atomic E-state index is 13.8. The highest BCUT2D eigenvalue weighted by molar-refractivity contribution is 6.41. The molecule has 2 aliphatic heterocycles. The second-order valence-electron chi connectivity index (χ2n) is 13.7. The Morgan fingerprint density at radius 1 is 1.07 bits per heavy atom. The predicted octanol–water partition coefficient (Wildman–Crippen LogP) is 5.41. The number of fused-ring (bicyclic) bond motifs is 2. The van der Waals surface area contributed by atoms with E-state index in [0.29, 0.717) is 42.9 Å². The van der Waals surface area contributed by atoms with Gasteiger partial charge in [-0.05, 0) is 92.0 Å². The number of aromatic nitrogens is 1. The number of aryl methyl sites for hydroxylation is 1. The molecule has 0 bridgehead atoms. The van der Waals surface area contributed by atoms with Gasteiger partial charge in [0, 0.05) is 50.2 Å². The Hall–Kier alpha value is -2.74. The number of ketones is 2. The number of rotatable bonds is 11. The smallest absolute Gasteiger partial charge is 0.178 e. The summed E-state index contributed by atoms with van der Waals surface area (Å²) in [6.07, 6.45) is 6.85. The number of aliphatic hydroxyl groups is 2. The number of nitrogens with zero attached hydrogens (tertiary/aromatic N) is 3. The van der Waals surface area contributed by atoms with Gasteiger partial charge in [-0.2, -0.15) is 0 Å². The molecule has 7 nitrogen and oxygen atoms in total. The SMILES string of the molecule is CC(C)(C)[C@H]1CCc2nc3c(cc2C1)N=C(C(=O)C[C@H](CCN1CCC(O)CC1)c1cccc(C(=O)CCCO)c1)C3. The number of piperidine rings is 1. The summed E-state index contributed by atoms with van der Waals surface area (Å²) in [5.41, 5.74) is 6.70. The summed E-state index contributed by atoms with van der Waals surface area (Å²) < 4.78 is 0. The summed E-state index contributed by atoms with van der Waals surface area (Å²) >= 11 is 0. The van der Waals surface area contributed by atoms with Crippen LogP contribution in [0.2, 0.25) is 0 Å². The highest BCUT2D eigenvalue weighted by Crippen LogP contribution is 2.39. The molecule has 1 fully saturated rings. The van der Waals surface area contributed by atoms with Gasteiger partial charge in [-0.25, -0.2) is 4.99 Å². The highest BCUT2D eigenvalue weighted by atomic mass is 16.3. The third kappa shape index (κ3) is 7.42. The zero-order valence-electron chi connectivity index (χ0n) is 25.6. The van der Waals surface area contributed by atoms with E-state index < -0.39 is 0 Å². The largest absolute Gasteiger partial charge is 0.396 e. The summed E-state index contributed by atoms with van der Waals surface area (Å²) in [4.78, 5) is 38.7. The number of aliphatic imine (C=N–C) groups is 1. The van der Waals surface area contributed by atoms with Gasteiger partial charge in [-0.15, -0.1) is 0 Å². The third-order valence-corrected chi connectivity index (χ3v) is 9.60. The summed E-state index contributed by atoms with van der Waals surface area (Å²) in [5, 5.41) is 19.1. The number of hydrogen-bond acceptors (Lipinski definition) is 7. The van der Waals surface area contributed by atoms with Gasteiger partial charge in [0.15, 0.2) is 11.6 Å². The van der Waals surface area contributed by atoms with Crippen LogP contribution in [0.4, 0.5) is 5.69 Å². The van der Waals surface area contributed by atoms with E-state index >= 15 is 0 Å². The zero-order valence-corrected chi connectivity index (χ0v) is 25.6. The number of benzene rings is 1. The Labute approximate surface area is 250 Å². The van der Waals surface area contributed by atoms with Gasteiger partial charge in [0.25, 0.3) is 0 Å². The van der Waals surface area contributed by atoms with Crippen molar-refractivity contribution >= 4 is 23.0 Å². The molecule has 1 saturated heterocycles. The van der Waals surface area contributed by atoms with E-state index in [4.69, 9.17) is 15.1 Å². The first-order valence-electron chi connectivity index (χ1n) is 15.9. The Balaban J connectivity index is 1.32. The second kappa shape index (κ2) is 13.3. The number of pyridine rings is 1. The average molecular weight is 574 g/mol. The van der Waals surface area contributed by atoms with Gasteiger partial charge in [-0.3, -0.25) is 14.6 Å². The van der Waals surface area contributed by atoms with Crippen LogP contribution in [-0.2, 0) is 24.1 Å². The first-order chi connectivity index (χ1) is 20.1. The number of aliphatic hydroxyl groups excluding tert-OH is 2. The van der Waals surface area contributed by atoms with Gasteiger partial charge in [-0.1, -0.05) is 39.0 Å². The van der Waals surface area contributed by atoms with Crippen LogP contribution in [0.25, 0.3) is 0 Å². The third-order valence-electron chi connectivity index (χ3n) is 9.60.